The highest BCUT2D eigenvalue weighted by atomic mass is 16.4. The van der Waals surface area contributed by atoms with Crippen molar-refractivity contribution in [3.63, 3.8) is 0 Å². The van der Waals surface area contributed by atoms with Gasteiger partial charge in [-0.1, -0.05) is 10.7 Å². The van der Waals surface area contributed by atoms with Crippen molar-refractivity contribution in [3.05, 3.63) is 6.33 Å². The number of rotatable bonds is 1. The molecule has 0 fully saturated rings. The second-order valence-electron chi connectivity index (χ2n) is 2.15. The molecule has 0 radical (unpaired) electrons. The monoisotopic (exact) mass is 181 g/mol. The maximum absolute atomic E-state index is 10.1. The summed E-state index contributed by atoms with van der Waals surface area (Å²) in [6.45, 7) is 1.61. The summed E-state index contributed by atoms with van der Waals surface area (Å²) in [5, 5.41) is 21.0. The molecule has 13 heavy (non-hydrogen) atoms. The molecule has 0 saturated carbocycles. The lowest BCUT2D eigenvalue weighted by atomic mass is 10.4. The molecule has 0 saturated heterocycles. The van der Waals surface area contributed by atoms with Crippen molar-refractivity contribution in [3.8, 4) is 12.0 Å². The Bertz CT molecular complexity index is 336. The normalized spacial score (nSPS) is 11.2. The molecule has 2 N–H and O–H groups in total. The van der Waals surface area contributed by atoms with E-state index in [9.17, 15) is 4.79 Å². The van der Waals surface area contributed by atoms with Gasteiger partial charge in [0.2, 0.25) is 0 Å². The third-order valence-electron chi connectivity index (χ3n) is 1.07. The molecule has 0 unspecified atom stereocenters. The number of tetrazole rings is 1. The van der Waals surface area contributed by atoms with Gasteiger partial charge in [0.15, 0.2) is 6.33 Å². The first-order chi connectivity index (χ1) is 6.18. The van der Waals surface area contributed by atoms with Crippen molar-refractivity contribution < 1.29 is 9.90 Å². The second kappa shape index (κ2) is 4.06. The summed E-state index contributed by atoms with van der Waals surface area (Å²) in [5.74, 6) is 2.57. The van der Waals surface area contributed by atoms with Crippen molar-refractivity contribution in [1.29, 1.82) is 0 Å². The average Bonchev–Trinajstić information content (AvgIpc) is 2.51. The maximum atomic E-state index is 10.1. The topological polar surface area (TPSA) is 92.9 Å². The molecule has 7 heteroatoms. The lowest BCUT2D eigenvalue weighted by molar-refractivity contribution is 0.193. The van der Waals surface area contributed by atoms with E-state index in [0.717, 1.165) is 4.80 Å². The van der Waals surface area contributed by atoms with Crippen molar-refractivity contribution >= 4 is 6.09 Å². The van der Waals surface area contributed by atoms with Gasteiger partial charge in [0, 0.05) is 0 Å². The van der Waals surface area contributed by atoms with Crippen LogP contribution in [0.5, 0.6) is 0 Å². The zero-order valence-electron chi connectivity index (χ0n) is 6.80. The molecule has 0 aliphatic heterocycles. The first-order valence-electron chi connectivity index (χ1n) is 3.42. The molecule has 1 aromatic heterocycles. The molecule has 0 spiro atoms. The van der Waals surface area contributed by atoms with Crippen LogP contribution in [0.1, 0.15) is 6.92 Å². The van der Waals surface area contributed by atoms with E-state index < -0.39 is 12.1 Å². The molecular weight excluding hydrogens is 174 g/mol. The molecule has 0 aromatic carbocycles. The Kier molecular flexibility index (Phi) is 2.81. The number of hydrogen-bond donors (Lipinski definition) is 2. The standard InChI is InChI=1S/C6H7N5O2/c1-5(9-6(12)13)2-3-11-8-4-7-10-11/h4-5,9H,1H3,(H,12,13)/t5-/m1/s1. The third kappa shape index (κ3) is 3.20. The number of aromatic nitrogens is 4. The highest BCUT2D eigenvalue weighted by Gasteiger charge is 1.99. The van der Waals surface area contributed by atoms with Gasteiger partial charge in [-0.15, -0.1) is 10.2 Å². The minimum atomic E-state index is -1.12. The van der Waals surface area contributed by atoms with Crippen LogP contribution in [0.3, 0.4) is 0 Å². The summed E-state index contributed by atoms with van der Waals surface area (Å²) in [7, 11) is 0. The minimum Gasteiger partial charge on any atom is -0.465 e. The first kappa shape index (κ1) is 8.99. The summed E-state index contributed by atoms with van der Waals surface area (Å²) in [6, 6.07) is 2.02. The Morgan fingerprint density at radius 2 is 2.54 bits per heavy atom. The highest BCUT2D eigenvalue weighted by molar-refractivity contribution is 5.65. The molecular formula is C6H7N5O2. The van der Waals surface area contributed by atoms with E-state index >= 15 is 0 Å². The summed E-state index contributed by atoms with van der Waals surface area (Å²) in [6.07, 6.45) is 0.123. The van der Waals surface area contributed by atoms with Gasteiger partial charge in [-0.3, -0.25) is 0 Å². The summed E-state index contributed by atoms with van der Waals surface area (Å²) in [5.41, 5.74) is 0. The van der Waals surface area contributed by atoms with Crippen molar-refractivity contribution in [2.24, 2.45) is 0 Å². The van der Waals surface area contributed by atoms with E-state index in [-0.39, 0.29) is 0 Å². The Hall–Kier alpha value is -2.10. The number of hydrogen-bond acceptors (Lipinski definition) is 4. The van der Waals surface area contributed by atoms with Crippen LogP contribution in [0.2, 0.25) is 0 Å². The molecule has 0 aliphatic carbocycles. The number of nitrogens with one attached hydrogen (secondary N) is 1. The van der Waals surface area contributed by atoms with E-state index in [1.165, 1.54) is 6.33 Å². The van der Waals surface area contributed by atoms with E-state index in [1.54, 1.807) is 6.92 Å². The SMILES string of the molecule is C[C@H](C#Cn1ncnn1)NC(=O)O. The molecule has 1 atom stereocenters. The molecule has 1 amide bonds. The van der Waals surface area contributed by atoms with Gasteiger partial charge in [-0.2, -0.15) is 0 Å². The Morgan fingerprint density at radius 3 is 3.08 bits per heavy atom. The Labute approximate surface area is 73.7 Å². The molecule has 0 aliphatic rings. The molecule has 0 bridgehead atoms. The van der Waals surface area contributed by atoms with Crippen molar-refractivity contribution in [2.45, 2.75) is 13.0 Å². The van der Waals surface area contributed by atoms with Gasteiger partial charge in [-0.05, 0) is 12.1 Å². The predicted molar refractivity (Wildman–Crippen MR) is 41.6 cm³/mol. The van der Waals surface area contributed by atoms with Crippen LogP contribution < -0.4 is 5.32 Å². The van der Waals surface area contributed by atoms with Crippen molar-refractivity contribution in [2.75, 3.05) is 0 Å². The minimum absolute atomic E-state index is 0.469. The zero-order valence-corrected chi connectivity index (χ0v) is 6.80. The quantitative estimate of drug-likeness (QED) is 0.550. The summed E-state index contributed by atoms with van der Waals surface area (Å²) >= 11 is 0. The molecule has 7 nitrogen and oxygen atoms in total. The largest absolute Gasteiger partial charge is 0.465 e. The van der Waals surface area contributed by atoms with Crippen molar-refractivity contribution in [1.82, 2.24) is 25.5 Å². The van der Waals surface area contributed by atoms with Crippen LogP contribution in [-0.4, -0.2) is 37.4 Å². The fourth-order valence-corrected chi connectivity index (χ4v) is 0.594. The molecule has 68 valence electrons. The van der Waals surface area contributed by atoms with Crippen LogP contribution in [0, 0.1) is 12.0 Å². The fraction of sp³-hybridized carbons (Fsp3) is 0.333. The van der Waals surface area contributed by atoms with E-state index in [2.05, 4.69) is 32.7 Å². The Morgan fingerprint density at radius 1 is 1.77 bits per heavy atom. The van der Waals surface area contributed by atoms with Crippen LogP contribution in [0.15, 0.2) is 6.33 Å². The van der Waals surface area contributed by atoms with Gasteiger partial charge in [-0.25, -0.2) is 4.79 Å². The fourth-order valence-electron chi connectivity index (χ4n) is 0.594. The van der Waals surface area contributed by atoms with Gasteiger partial charge in [0.1, 0.15) is 0 Å². The Balaban J connectivity index is 2.52. The van der Waals surface area contributed by atoms with Gasteiger partial charge in [0.05, 0.1) is 12.1 Å². The number of carboxylic acid groups (broad SMARTS) is 1. The molecule has 1 rings (SSSR count). The van der Waals surface area contributed by atoms with Gasteiger partial charge >= 0.3 is 6.09 Å². The third-order valence-corrected chi connectivity index (χ3v) is 1.07. The maximum Gasteiger partial charge on any atom is 0.405 e. The van der Waals surface area contributed by atoms with Crippen LogP contribution >= 0.6 is 0 Å². The number of carbonyl (C=O) groups is 1. The van der Waals surface area contributed by atoms with E-state index in [0.29, 0.717) is 0 Å². The smallest absolute Gasteiger partial charge is 0.405 e. The van der Waals surface area contributed by atoms with E-state index in [4.69, 9.17) is 5.11 Å². The van der Waals surface area contributed by atoms with Crippen LogP contribution in [-0.2, 0) is 0 Å². The van der Waals surface area contributed by atoms with Crippen LogP contribution in [0.4, 0.5) is 4.79 Å². The van der Waals surface area contributed by atoms with E-state index in [1.807, 2.05) is 0 Å². The van der Waals surface area contributed by atoms with Crippen LogP contribution in [0.25, 0.3) is 0 Å². The second-order valence-corrected chi connectivity index (χ2v) is 2.15. The van der Waals surface area contributed by atoms with Gasteiger partial charge in [0.25, 0.3) is 0 Å². The highest BCUT2D eigenvalue weighted by Crippen LogP contribution is 1.77. The average molecular weight is 181 g/mol. The zero-order chi connectivity index (χ0) is 9.68. The molecule has 1 heterocycles. The lowest BCUT2D eigenvalue weighted by Crippen LogP contribution is -2.29. The summed E-state index contributed by atoms with van der Waals surface area (Å²) < 4.78 is 0. The molecule has 1 aromatic rings. The lowest BCUT2D eigenvalue weighted by Gasteiger charge is -2.00. The number of nitrogens with zero attached hydrogens (tertiary/aromatic N) is 4. The number of amides is 1. The van der Waals surface area contributed by atoms with Gasteiger partial charge < -0.3 is 10.4 Å². The predicted octanol–water partition coefficient (Wildman–Crippen LogP) is -0.862. The summed E-state index contributed by atoms with van der Waals surface area (Å²) in [4.78, 5) is 11.2. The first-order valence-corrected chi connectivity index (χ1v) is 3.42.